The number of amides is 3. The number of carbonyl (C=O) groups excluding carboxylic acids is 2. The van der Waals surface area contributed by atoms with Crippen LogP contribution in [0.4, 0.5) is 10.5 Å². The van der Waals surface area contributed by atoms with Gasteiger partial charge in [0.25, 0.3) is 0 Å². The van der Waals surface area contributed by atoms with Crippen LogP contribution in [0.5, 0.6) is 0 Å². The van der Waals surface area contributed by atoms with Crippen LogP contribution in [0.1, 0.15) is 5.56 Å². The van der Waals surface area contributed by atoms with Gasteiger partial charge in [-0.15, -0.1) is 0 Å². The van der Waals surface area contributed by atoms with E-state index in [4.69, 9.17) is 11.6 Å². The predicted molar refractivity (Wildman–Crippen MR) is 83.6 cm³/mol. The van der Waals surface area contributed by atoms with Crippen LogP contribution in [0.3, 0.4) is 0 Å². The smallest absolute Gasteiger partial charge is 0.321 e. The van der Waals surface area contributed by atoms with Crippen LogP contribution in [-0.4, -0.2) is 47.9 Å². The van der Waals surface area contributed by atoms with Crippen LogP contribution in [0.15, 0.2) is 30.9 Å². The van der Waals surface area contributed by atoms with Crippen LogP contribution in [0.25, 0.3) is 0 Å². The van der Waals surface area contributed by atoms with Crippen molar-refractivity contribution >= 4 is 29.2 Å². The van der Waals surface area contributed by atoms with E-state index in [2.05, 4.69) is 11.9 Å². The predicted octanol–water partition coefficient (Wildman–Crippen LogP) is 2.51. The molecule has 0 unspecified atom stereocenters. The third-order valence-corrected chi connectivity index (χ3v) is 3.88. The minimum absolute atomic E-state index is 0.0969. The first-order chi connectivity index (χ1) is 10.0. The number of urea groups is 1. The summed E-state index contributed by atoms with van der Waals surface area (Å²) in [5, 5.41) is 3.44. The van der Waals surface area contributed by atoms with Gasteiger partial charge < -0.3 is 15.1 Å². The van der Waals surface area contributed by atoms with Gasteiger partial charge >= 0.3 is 6.03 Å². The van der Waals surface area contributed by atoms with Gasteiger partial charge in [0.1, 0.15) is 0 Å². The zero-order chi connectivity index (χ0) is 15.4. The van der Waals surface area contributed by atoms with Crippen LogP contribution in [0.2, 0.25) is 5.02 Å². The molecule has 21 heavy (non-hydrogen) atoms. The molecule has 3 amide bonds. The molecule has 2 rings (SSSR count). The van der Waals surface area contributed by atoms with Gasteiger partial charge in [0.15, 0.2) is 0 Å². The van der Waals surface area contributed by atoms with Gasteiger partial charge in [-0.2, -0.15) is 0 Å². The van der Waals surface area contributed by atoms with E-state index in [1.807, 2.05) is 19.1 Å². The molecule has 1 fully saturated rings. The number of rotatable bonds is 2. The lowest BCUT2D eigenvalue weighted by atomic mass is 10.2. The van der Waals surface area contributed by atoms with Crippen LogP contribution < -0.4 is 5.32 Å². The topological polar surface area (TPSA) is 52.7 Å². The van der Waals surface area contributed by atoms with Crippen molar-refractivity contribution in [2.75, 3.05) is 31.5 Å². The maximum absolute atomic E-state index is 12.2. The first kappa shape index (κ1) is 15.4. The van der Waals surface area contributed by atoms with Crippen molar-refractivity contribution in [1.29, 1.82) is 0 Å². The monoisotopic (exact) mass is 307 g/mol. The van der Waals surface area contributed by atoms with Gasteiger partial charge in [-0.25, -0.2) is 4.79 Å². The Hall–Kier alpha value is -2.01. The summed E-state index contributed by atoms with van der Waals surface area (Å²) >= 11 is 6.03. The van der Waals surface area contributed by atoms with Crippen molar-refractivity contribution in [3.05, 3.63) is 41.4 Å². The van der Waals surface area contributed by atoms with Crippen molar-refractivity contribution < 1.29 is 9.59 Å². The average molecular weight is 308 g/mol. The van der Waals surface area contributed by atoms with E-state index in [0.29, 0.717) is 36.9 Å². The highest BCUT2D eigenvalue weighted by atomic mass is 35.5. The fourth-order valence-electron chi connectivity index (χ4n) is 2.13. The van der Waals surface area contributed by atoms with Crippen LogP contribution >= 0.6 is 11.6 Å². The van der Waals surface area contributed by atoms with Crippen molar-refractivity contribution in [3.8, 4) is 0 Å². The Kier molecular flexibility index (Phi) is 4.85. The highest BCUT2D eigenvalue weighted by Crippen LogP contribution is 2.20. The maximum Gasteiger partial charge on any atom is 0.321 e. The number of hydrogen-bond acceptors (Lipinski definition) is 2. The van der Waals surface area contributed by atoms with Gasteiger partial charge in [0.2, 0.25) is 5.91 Å². The van der Waals surface area contributed by atoms with Crippen LogP contribution in [-0.2, 0) is 4.79 Å². The summed E-state index contributed by atoms with van der Waals surface area (Å²) < 4.78 is 0. The fourth-order valence-corrected chi connectivity index (χ4v) is 2.31. The first-order valence-electron chi connectivity index (χ1n) is 6.74. The van der Waals surface area contributed by atoms with Crippen molar-refractivity contribution in [2.24, 2.45) is 0 Å². The van der Waals surface area contributed by atoms with Gasteiger partial charge in [0, 0.05) is 36.9 Å². The Balaban J connectivity index is 1.91. The number of hydrogen-bond donors (Lipinski definition) is 1. The molecule has 1 aromatic carbocycles. The first-order valence-corrected chi connectivity index (χ1v) is 7.12. The Morgan fingerprint density at radius 3 is 2.43 bits per heavy atom. The van der Waals surface area contributed by atoms with E-state index in [-0.39, 0.29) is 11.9 Å². The molecule has 1 saturated heterocycles. The molecule has 5 nitrogen and oxygen atoms in total. The normalized spacial score (nSPS) is 14.8. The average Bonchev–Trinajstić information content (AvgIpc) is 2.50. The molecule has 1 aromatic rings. The molecule has 1 aliphatic heterocycles. The second-order valence-corrected chi connectivity index (χ2v) is 5.32. The fraction of sp³-hybridized carbons (Fsp3) is 0.333. The lowest BCUT2D eigenvalue weighted by Gasteiger charge is -2.34. The molecule has 1 aliphatic rings. The third-order valence-electron chi connectivity index (χ3n) is 3.48. The molecular formula is C15H18ClN3O2. The highest BCUT2D eigenvalue weighted by molar-refractivity contribution is 6.31. The summed E-state index contributed by atoms with van der Waals surface area (Å²) in [6.07, 6.45) is 1.30. The zero-order valence-corrected chi connectivity index (χ0v) is 12.7. The Morgan fingerprint density at radius 2 is 1.86 bits per heavy atom. The molecular weight excluding hydrogens is 290 g/mol. The number of nitrogens with zero attached hydrogens (tertiary/aromatic N) is 2. The van der Waals surface area contributed by atoms with E-state index >= 15 is 0 Å². The number of halogens is 1. The summed E-state index contributed by atoms with van der Waals surface area (Å²) in [5.74, 6) is -0.0969. The SMILES string of the molecule is C=CC(=O)N1CCN(C(=O)Nc2ccc(C)c(Cl)c2)CC1. The van der Waals surface area contributed by atoms with Gasteiger partial charge in [-0.3, -0.25) is 4.79 Å². The van der Waals surface area contributed by atoms with E-state index < -0.39 is 0 Å². The molecule has 6 heteroatoms. The molecule has 0 saturated carbocycles. The third kappa shape index (κ3) is 3.76. The van der Waals surface area contributed by atoms with Gasteiger partial charge in [-0.05, 0) is 30.7 Å². The van der Waals surface area contributed by atoms with Crippen LogP contribution in [0, 0.1) is 6.92 Å². The Morgan fingerprint density at radius 1 is 1.24 bits per heavy atom. The molecule has 112 valence electrons. The largest absolute Gasteiger partial charge is 0.336 e. The zero-order valence-electron chi connectivity index (χ0n) is 11.9. The molecule has 0 aromatic heterocycles. The molecule has 0 radical (unpaired) electrons. The van der Waals surface area contributed by atoms with E-state index in [9.17, 15) is 9.59 Å². The summed E-state index contributed by atoms with van der Waals surface area (Å²) in [5.41, 5.74) is 1.63. The number of aryl methyl sites for hydroxylation is 1. The van der Waals surface area contributed by atoms with Crippen molar-refractivity contribution in [2.45, 2.75) is 6.92 Å². The summed E-state index contributed by atoms with van der Waals surface area (Å²) in [6.45, 7) is 7.42. The quantitative estimate of drug-likeness (QED) is 0.854. The highest BCUT2D eigenvalue weighted by Gasteiger charge is 2.22. The second-order valence-electron chi connectivity index (χ2n) is 4.91. The second kappa shape index (κ2) is 6.63. The van der Waals surface area contributed by atoms with Crippen molar-refractivity contribution in [1.82, 2.24) is 9.80 Å². The Bertz CT molecular complexity index is 566. The number of piperazine rings is 1. The molecule has 1 N–H and O–H groups in total. The molecule has 0 spiro atoms. The van der Waals surface area contributed by atoms with E-state index in [1.54, 1.807) is 15.9 Å². The van der Waals surface area contributed by atoms with E-state index in [1.165, 1.54) is 6.08 Å². The van der Waals surface area contributed by atoms with E-state index in [0.717, 1.165) is 5.56 Å². The summed E-state index contributed by atoms with van der Waals surface area (Å²) in [7, 11) is 0. The standard InChI is InChI=1S/C15H18ClN3O2/c1-3-14(20)18-6-8-19(9-7-18)15(21)17-12-5-4-11(2)13(16)10-12/h3-5,10H,1,6-9H2,2H3,(H,17,21). The molecule has 0 bridgehead atoms. The molecule has 1 heterocycles. The number of carbonyl (C=O) groups is 2. The lowest BCUT2D eigenvalue weighted by molar-refractivity contribution is -0.127. The van der Waals surface area contributed by atoms with Crippen molar-refractivity contribution in [3.63, 3.8) is 0 Å². The lowest BCUT2D eigenvalue weighted by Crippen LogP contribution is -2.51. The minimum atomic E-state index is -0.180. The molecule has 0 aliphatic carbocycles. The molecule has 0 atom stereocenters. The summed E-state index contributed by atoms with van der Waals surface area (Å²) in [4.78, 5) is 27.0. The van der Waals surface area contributed by atoms with Gasteiger partial charge in [0.05, 0.1) is 0 Å². The maximum atomic E-state index is 12.2. The summed E-state index contributed by atoms with van der Waals surface area (Å²) in [6, 6.07) is 5.22. The number of benzene rings is 1. The minimum Gasteiger partial charge on any atom is -0.336 e. The number of nitrogens with one attached hydrogen (secondary N) is 1. The Labute approximate surface area is 129 Å². The van der Waals surface area contributed by atoms with Gasteiger partial charge in [-0.1, -0.05) is 24.2 Å². The number of anilines is 1.